The third-order valence-corrected chi connectivity index (χ3v) is 23.3. The molecule has 1 unspecified atom stereocenters. The van der Waals surface area contributed by atoms with Crippen LogP contribution in [0.1, 0.15) is 19.3 Å². The molecule has 0 spiro atoms. The lowest BCUT2D eigenvalue weighted by Crippen LogP contribution is -2.28. The van der Waals surface area contributed by atoms with E-state index in [1.165, 1.54) is 19.3 Å². The summed E-state index contributed by atoms with van der Waals surface area (Å²) in [6.07, 6.45) is 4.30. The van der Waals surface area contributed by atoms with Crippen LogP contribution in [-0.4, -0.2) is 37.3 Å². The second-order valence-electron chi connectivity index (χ2n) is 3.24. The fourth-order valence-electron chi connectivity index (χ4n) is 1.61. The van der Waals surface area contributed by atoms with E-state index in [0.717, 1.165) is 12.3 Å². The zero-order valence-electron chi connectivity index (χ0n) is 5.81. The van der Waals surface area contributed by atoms with E-state index in [2.05, 4.69) is 0 Å². The Kier molecular flexibility index (Phi) is 1.89. The van der Waals surface area contributed by atoms with E-state index >= 15 is 0 Å². The third kappa shape index (κ3) is 1.54. The van der Waals surface area contributed by atoms with Crippen molar-refractivity contribution in [2.24, 2.45) is 0 Å². The van der Waals surface area contributed by atoms with Crippen LogP contribution >= 0.6 is 0 Å². The summed E-state index contributed by atoms with van der Waals surface area (Å²) in [6.45, 7) is 1.11. The van der Waals surface area contributed by atoms with Gasteiger partial charge >= 0.3 is 0 Å². The fraction of sp³-hybridized carbons (Fsp3) is 1.00. The minimum absolute atomic E-state index is 0.0537. The van der Waals surface area contributed by atoms with Crippen LogP contribution in [0.5, 0.6) is 0 Å². The van der Waals surface area contributed by atoms with E-state index < -0.39 is 0 Å². The quantitative estimate of drug-likeness (QED) is 0.444. The molecular formula is C5H14OSi3. The van der Waals surface area contributed by atoms with Crippen LogP contribution in [0, 0.1) is 0 Å². The van der Waals surface area contributed by atoms with Crippen LogP contribution in [0.4, 0.5) is 0 Å². The van der Waals surface area contributed by atoms with Gasteiger partial charge in [0.05, 0.1) is 0 Å². The van der Waals surface area contributed by atoms with Crippen molar-refractivity contribution in [3.05, 3.63) is 0 Å². The Bertz CT molecular complexity index is 98.4. The second kappa shape index (κ2) is 2.69. The molecule has 0 aliphatic carbocycles. The molecule has 0 aromatic heterocycles. The fourth-order valence-corrected chi connectivity index (χ4v) is 22.3. The van der Waals surface area contributed by atoms with Crippen LogP contribution in [-0.2, 0) is 4.74 Å². The maximum atomic E-state index is 5.73. The SMILES string of the molecule is C1CCC([SiH]2[SiH2][SiH2]2)OC1. The molecule has 0 radical (unpaired) electrons. The molecular weight excluding hydrogens is 160 g/mol. The second-order valence-corrected chi connectivity index (χ2v) is 30.3. The maximum Gasteiger partial charge on any atom is 0.0465 e. The zero-order chi connectivity index (χ0) is 6.10. The van der Waals surface area contributed by atoms with Gasteiger partial charge in [-0.3, -0.25) is 0 Å². The van der Waals surface area contributed by atoms with Gasteiger partial charge in [0.2, 0.25) is 0 Å². The lowest BCUT2D eigenvalue weighted by atomic mass is 10.2. The molecule has 0 aromatic rings. The average Bonchev–Trinajstić information content (AvgIpc) is 2.71. The van der Waals surface area contributed by atoms with Gasteiger partial charge < -0.3 is 4.74 Å². The molecule has 2 aliphatic heterocycles. The van der Waals surface area contributed by atoms with Crippen LogP contribution in [0.15, 0.2) is 0 Å². The van der Waals surface area contributed by atoms with Gasteiger partial charge in [-0.05, 0) is 36.4 Å². The van der Waals surface area contributed by atoms with E-state index in [1.807, 2.05) is 0 Å². The molecule has 1 nitrogen and oxygen atoms in total. The lowest BCUT2D eigenvalue weighted by Gasteiger charge is -2.21. The Morgan fingerprint density at radius 3 is 2.78 bits per heavy atom. The van der Waals surface area contributed by atoms with E-state index in [9.17, 15) is 0 Å². The van der Waals surface area contributed by atoms with Crippen molar-refractivity contribution < 1.29 is 4.74 Å². The molecule has 52 valence electrons. The molecule has 4 heteroatoms. The molecule has 2 heterocycles. The Balaban J connectivity index is 1.80. The maximum absolute atomic E-state index is 5.73. The first kappa shape index (κ1) is 6.33. The van der Waals surface area contributed by atoms with E-state index in [-0.39, 0.29) is 7.83 Å². The van der Waals surface area contributed by atoms with E-state index in [4.69, 9.17) is 4.74 Å². The summed E-state index contributed by atoms with van der Waals surface area (Å²) < 4.78 is 5.73. The summed E-state index contributed by atoms with van der Waals surface area (Å²) >= 11 is 0. The zero-order valence-corrected chi connectivity index (χ0v) is 9.79. The molecule has 2 aliphatic rings. The van der Waals surface area contributed by atoms with Crippen molar-refractivity contribution in [3.63, 3.8) is 0 Å². The largest absolute Gasteiger partial charge is 0.383 e. The molecule has 0 aromatic carbocycles. The molecule has 9 heavy (non-hydrogen) atoms. The molecule has 2 saturated heterocycles. The minimum Gasteiger partial charge on any atom is -0.383 e. The van der Waals surface area contributed by atoms with Gasteiger partial charge in [-0.2, -0.15) is 0 Å². The number of hydrogen-bond donors (Lipinski definition) is 0. The molecule has 0 N–H and O–H groups in total. The van der Waals surface area contributed by atoms with Crippen LogP contribution in [0.25, 0.3) is 0 Å². The van der Waals surface area contributed by atoms with Gasteiger partial charge in [0.1, 0.15) is 0 Å². The number of ether oxygens (including phenoxy) is 1. The van der Waals surface area contributed by atoms with Crippen molar-refractivity contribution in [1.29, 1.82) is 0 Å². The monoisotopic (exact) mass is 174 g/mol. The highest BCUT2D eigenvalue weighted by atomic mass is 30.1. The van der Waals surface area contributed by atoms with Gasteiger partial charge in [0.25, 0.3) is 0 Å². The first-order valence-electron chi connectivity index (χ1n) is 4.08. The molecule has 0 amide bonds. The van der Waals surface area contributed by atoms with Crippen molar-refractivity contribution in [1.82, 2.24) is 0 Å². The van der Waals surface area contributed by atoms with Crippen molar-refractivity contribution in [3.8, 4) is 0 Å². The Hall–Kier alpha value is 0.611. The summed E-state index contributed by atoms with van der Waals surface area (Å²) in [7, 11) is 1.43. The van der Waals surface area contributed by atoms with Crippen LogP contribution in [0.2, 0.25) is 0 Å². The Morgan fingerprint density at radius 2 is 2.22 bits per heavy atom. The summed E-state index contributed by atoms with van der Waals surface area (Å²) in [6, 6.07) is 0. The summed E-state index contributed by atoms with van der Waals surface area (Å²) in [5.74, 6) is 0. The lowest BCUT2D eigenvalue weighted by molar-refractivity contribution is 0.0659. The highest BCUT2D eigenvalue weighted by molar-refractivity contribution is 7.83. The van der Waals surface area contributed by atoms with Gasteiger partial charge in [-0.25, -0.2) is 0 Å². The van der Waals surface area contributed by atoms with Crippen molar-refractivity contribution >= 4 is 24.9 Å². The summed E-state index contributed by atoms with van der Waals surface area (Å²) in [5, 5.41) is 0. The smallest absolute Gasteiger partial charge is 0.0465 e. The Morgan fingerprint density at radius 1 is 1.33 bits per heavy atom. The third-order valence-electron chi connectivity index (χ3n) is 2.36. The van der Waals surface area contributed by atoms with Crippen LogP contribution in [0.3, 0.4) is 0 Å². The highest BCUT2D eigenvalue weighted by Gasteiger charge is 2.35. The summed E-state index contributed by atoms with van der Waals surface area (Å²) in [5.41, 5.74) is 0.928. The molecule has 2 fully saturated rings. The minimum atomic E-state index is 0.0537. The molecule has 0 saturated carbocycles. The van der Waals surface area contributed by atoms with Crippen molar-refractivity contribution in [2.75, 3.05) is 6.61 Å². The molecule has 0 bridgehead atoms. The van der Waals surface area contributed by atoms with Gasteiger partial charge in [0.15, 0.2) is 0 Å². The summed E-state index contributed by atoms with van der Waals surface area (Å²) in [4.78, 5) is 0. The topological polar surface area (TPSA) is 9.23 Å². The van der Waals surface area contributed by atoms with Gasteiger partial charge in [-0.1, -0.05) is 0 Å². The standard InChI is InChI=1S/C5H14OSi3/c1-2-4-6-5(3-1)9-7-8-9/h5,9H,1-4,7-8H2. The van der Waals surface area contributed by atoms with Crippen molar-refractivity contribution in [2.45, 2.75) is 25.0 Å². The highest BCUT2D eigenvalue weighted by Crippen LogP contribution is 2.17. The van der Waals surface area contributed by atoms with Gasteiger partial charge in [0, 0.05) is 20.2 Å². The number of hydrogen-bond acceptors (Lipinski definition) is 1. The Labute approximate surface area is 61.8 Å². The predicted molar refractivity (Wildman–Crippen MR) is 47.8 cm³/mol. The molecule has 1 atom stereocenters. The van der Waals surface area contributed by atoms with Crippen LogP contribution < -0.4 is 0 Å². The predicted octanol–water partition coefficient (Wildman–Crippen LogP) is -1.42. The number of rotatable bonds is 1. The average molecular weight is 174 g/mol. The first-order chi connectivity index (χ1) is 4.47. The van der Waals surface area contributed by atoms with E-state index in [1.54, 1.807) is 0 Å². The molecule has 2 rings (SSSR count). The van der Waals surface area contributed by atoms with E-state index in [0.29, 0.717) is 17.1 Å². The normalized spacial score (nSPS) is 48.0. The first-order valence-corrected chi connectivity index (χ1v) is 15.3. The van der Waals surface area contributed by atoms with Gasteiger partial charge in [-0.15, -0.1) is 0 Å².